The fourth-order valence-electron chi connectivity index (χ4n) is 9.05. The molecule has 0 unspecified atom stereocenters. The largest absolute Gasteiger partial charge is 0.384 e. The first-order valence-corrected chi connectivity index (χ1v) is 26.3. The number of nitriles is 2. The highest BCUT2D eigenvalue weighted by atomic mass is 35.5. The van der Waals surface area contributed by atoms with E-state index in [-0.39, 0.29) is 23.1 Å². The van der Waals surface area contributed by atoms with Crippen LogP contribution in [0.4, 0.5) is 17.2 Å². The van der Waals surface area contributed by atoms with Crippen LogP contribution < -0.4 is 15.5 Å². The molecule has 4 atom stereocenters. The van der Waals surface area contributed by atoms with Gasteiger partial charge in [0.25, 0.3) is 0 Å². The zero-order valence-electron chi connectivity index (χ0n) is 42.2. The molecule has 0 saturated carbocycles. The third kappa shape index (κ3) is 16.1. The first-order valence-electron chi connectivity index (χ1n) is 24.4. The van der Waals surface area contributed by atoms with Crippen LogP contribution in [0.2, 0.25) is 20.1 Å². The number of aromatic nitrogens is 2. The number of aliphatic hydroxyl groups is 2. The van der Waals surface area contributed by atoms with Crippen molar-refractivity contribution in [2.24, 2.45) is 0 Å². The van der Waals surface area contributed by atoms with E-state index in [0.717, 1.165) is 34.6 Å². The Morgan fingerprint density at radius 2 is 1.07 bits per heavy atom. The molecule has 2 aliphatic rings. The fraction of sp³-hybridized carbons (Fsp3) is 0.333. The lowest BCUT2D eigenvalue weighted by Crippen LogP contribution is -2.52. The number of pyridine rings is 2. The van der Waals surface area contributed by atoms with Crippen molar-refractivity contribution in [2.45, 2.75) is 70.2 Å². The summed E-state index contributed by atoms with van der Waals surface area (Å²) in [4.78, 5) is 38.8. The number of anilines is 3. The summed E-state index contributed by atoms with van der Waals surface area (Å²) in [5.41, 5.74) is 10.6. The Bertz CT molecular complexity index is 2970. The molecule has 2 saturated heterocycles. The predicted molar refractivity (Wildman–Crippen MR) is 300 cm³/mol. The molecule has 2 aromatic heterocycles. The van der Waals surface area contributed by atoms with Gasteiger partial charge in [0.2, 0.25) is 5.24 Å². The molecule has 0 bridgehead atoms. The number of nitrogen functional groups attached to an aromatic ring is 1. The summed E-state index contributed by atoms with van der Waals surface area (Å²) in [6.45, 7) is 12.2. The summed E-state index contributed by atoms with van der Waals surface area (Å²) in [5, 5.41) is 43.2. The second kappa shape index (κ2) is 26.8. The monoisotopic (exact) mass is 1110 g/mol. The van der Waals surface area contributed by atoms with Crippen LogP contribution in [0.25, 0.3) is 0 Å². The first kappa shape index (κ1) is 58.5. The van der Waals surface area contributed by atoms with Crippen LogP contribution in [0.5, 0.6) is 0 Å². The maximum atomic E-state index is 11.7. The number of β-amino-alcohol motifs (C(OH)–C–C–N with tert-alkyl or cyclic N) is 2. The number of nitrogens with two attached hydrogens (primary N) is 1. The molecule has 4 aromatic carbocycles. The number of rotatable bonds is 14. The molecule has 392 valence electrons. The van der Waals surface area contributed by atoms with Gasteiger partial charge in [-0.2, -0.15) is 10.5 Å². The number of hydrogen-bond donors (Lipinski definition) is 3. The molecule has 2 aliphatic heterocycles. The summed E-state index contributed by atoms with van der Waals surface area (Å²) in [6.07, 6.45) is 4.51. The molecule has 18 heteroatoms. The van der Waals surface area contributed by atoms with Gasteiger partial charge in [0.1, 0.15) is 22.8 Å². The summed E-state index contributed by atoms with van der Waals surface area (Å²) in [7, 11) is 0. The smallest absolute Gasteiger partial charge is 0.221 e. The fourth-order valence-corrected chi connectivity index (χ4v) is 9.88. The van der Waals surface area contributed by atoms with Crippen molar-refractivity contribution < 1.29 is 19.8 Å². The Hall–Kier alpha value is -5.81. The minimum absolute atomic E-state index is 0.0122. The van der Waals surface area contributed by atoms with E-state index in [2.05, 4.69) is 41.7 Å². The maximum absolute atomic E-state index is 11.7. The molecule has 13 nitrogen and oxygen atoms in total. The van der Waals surface area contributed by atoms with E-state index in [1.54, 1.807) is 63.5 Å². The number of piperazine rings is 2. The molecule has 6 aromatic rings. The van der Waals surface area contributed by atoms with Gasteiger partial charge in [-0.15, -0.1) is 0 Å². The van der Waals surface area contributed by atoms with Gasteiger partial charge in [-0.25, -0.2) is 4.98 Å². The summed E-state index contributed by atoms with van der Waals surface area (Å²) in [6, 6.07) is 37.7. The Morgan fingerprint density at radius 1 is 0.640 bits per heavy atom. The molecule has 0 radical (unpaired) electrons. The predicted octanol–water partition coefficient (Wildman–Crippen LogP) is 11.3. The van der Waals surface area contributed by atoms with Gasteiger partial charge in [0.15, 0.2) is 0 Å². The van der Waals surface area contributed by atoms with Crippen molar-refractivity contribution in [3.63, 3.8) is 0 Å². The number of carbonyl (C=O) groups excluding carboxylic acids is 2. The van der Waals surface area contributed by atoms with Gasteiger partial charge in [-0.1, -0.05) is 96.6 Å². The highest BCUT2D eigenvalue weighted by Gasteiger charge is 2.36. The van der Waals surface area contributed by atoms with Gasteiger partial charge in [0.05, 0.1) is 56.8 Å². The summed E-state index contributed by atoms with van der Waals surface area (Å²) in [5.74, 6) is 0.561. The number of nitrogens with zero attached hydrogens (tertiary/aromatic N) is 8. The lowest BCUT2D eigenvalue weighted by atomic mass is 9.94. The summed E-state index contributed by atoms with van der Waals surface area (Å²) >= 11 is 30.3. The highest BCUT2D eigenvalue weighted by Crippen LogP contribution is 2.39. The standard InChI is InChI=1S/C29H30Cl2N4O2.C25H25Cl2N5O.C3H5ClO/c1-3-25(36)15-24-10-7-22(17-33-24)29(2,37)19-34-12-13-35(27-11-4-20(16-32)14-26(27)31)28(18-34)21-5-8-23(30)9-6-21;1-25(33,19-5-9-24(29)30-14-19)16-31-10-11-32(22-8-2-17(13-28)12-21(22)27)23(15-31)18-3-6-20(26)7-4-18;1-2-3(4)5/h4-11,14,17,28,37H,3,12-13,15,18-19H2,1-2H3;2-9,12,14,23,33H,10-11,15-16H2,1H3,(H2,29,30);2H2,1H3/t28-,29+;23-,25+;/m00./s1. The lowest BCUT2D eigenvalue weighted by Gasteiger charge is -2.45. The van der Waals surface area contributed by atoms with Crippen LogP contribution in [-0.4, -0.2) is 93.4 Å². The number of benzene rings is 4. The van der Waals surface area contributed by atoms with Crippen molar-refractivity contribution in [1.29, 1.82) is 10.5 Å². The molecule has 0 aliphatic carbocycles. The van der Waals surface area contributed by atoms with Crippen LogP contribution in [0.1, 0.15) is 91.7 Å². The minimum Gasteiger partial charge on any atom is -0.384 e. The Morgan fingerprint density at radius 3 is 1.41 bits per heavy atom. The molecule has 75 heavy (non-hydrogen) atoms. The molecule has 8 rings (SSSR count). The van der Waals surface area contributed by atoms with E-state index in [1.807, 2.05) is 85.8 Å². The first-order chi connectivity index (χ1) is 35.7. The average Bonchev–Trinajstić information content (AvgIpc) is 3.39. The number of ketones is 1. The van der Waals surface area contributed by atoms with Gasteiger partial charge in [-0.05, 0) is 109 Å². The Labute approximate surface area is 464 Å². The summed E-state index contributed by atoms with van der Waals surface area (Å²) < 4.78 is 0. The van der Waals surface area contributed by atoms with Gasteiger partial charge < -0.3 is 25.7 Å². The van der Waals surface area contributed by atoms with E-state index in [4.69, 9.17) is 63.7 Å². The van der Waals surface area contributed by atoms with Crippen molar-refractivity contribution in [3.8, 4) is 12.1 Å². The van der Waals surface area contributed by atoms with Crippen molar-refractivity contribution in [3.05, 3.63) is 181 Å². The van der Waals surface area contributed by atoms with Crippen LogP contribution in [-0.2, 0) is 27.2 Å². The van der Waals surface area contributed by atoms with Gasteiger partial charge in [0, 0.05) is 111 Å². The van der Waals surface area contributed by atoms with Crippen LogP contribution in [0.3, 0.4) is 0 Å². The molecular weight excluding hydrogens is 1050 g/mol. The number of carbonyl (C=O) groups is 2. The minimum atomic E-state index is -1.13. The van der Waals surface area contributed by atoms with E-state index in [0.29, 0.717) is 113 Å². The van der Waals surface area contributed by atoms with Crippen LogP contribution in [0.15, 0.2) is 122 Å². The van der Waals surface area contributed by atoms with Crippen LogP contribution in [0, 0.1) is 22.7 Å². The van der Waals surface area contributed by atoms with E-state index >= 15 is 0 Å². The zero-order valence-corrected chi connectivity index (χ0v) is 46.0. The Kier molecular flexibility index (Phi) is 20.9. The quantitative estimate of drug-likeness (QED) is 0.0876. The van der Waals surface area contributed by atoms with Gasteiger partial charge in [-0.3, -0.25) is 24.4 Å². The number of halogens is 5. The second-order valence-corrected chi connectivity index (χ2v) is 21.0. The number of Topliss-reactive ketones (excluding diaryl/α,β-unsaturated/α-hetero) is 1. The van der Waals surface area contributed by atoms with E-state index in [9.17, 15) is 30.3 Å². The van der Waals surface area contributed by atoms with E-state index in [1.165, 1.54) is 0 Å². The third-order valence-electron chi connectivity index (χ3n) is 13.2. The van der Waals surface area contributed by atoms with E-state index < -0.39 is 11.2 Å². The van der Waals surface area contributed by atoms with Crippen LogP contribution >= 0.6 is 58.0 Å². The average molecular weight is 1110 g/mol. The molecule has 4 N–H and O–H groups in total. The molecule has 4 heterocycles. The highest BCUT2D eigenvalue weighted by molar-refractivity contribution is 6.63. The maximum Gasteiger partial charge on any atom is 0.221 e. The number of hydrogen-bond acceptors (Lipinski definition) is 13. The zero-order chi connectivity index (χ0) is 54.5. The topological polar surface area (TPSA) is 187 Å². The third-order valence-corrected chi connectivity index (χ3v) is 14.6. The van der Waals surface area contributed by atoms with Gasteiger partial charge >= 0.3 is 0 Å². The lowest BCUT2D eigenvalue weighted by molar-refractivity contribution is -0.118. The SMILES string of the molecule is CCC(=O)Cc1ccc([C@](C)(O)CN2CCN(c3ccc(C#N)cc3Cl)[C@H](c3ccc(Cl)cc3)C2)cn1.CCC(=O)Cl.C[C@@](O)(CN1CCN(c2ccc(C#N)cc2Cl)[C@H](c2ccc(Cl)cc2)C1)c1ccc(N)nc1. The molecule has 0 amide bonds. The molecule has 0 spiro atoms. The van der Waals surface area contributed by atoms with Crippen molar-refractivity contribution in [2.75, 3.05) is 67.9 Å². The van der Waals surface area contributed by atoms with Crippen molar-refractivity contribution >= 4 is 86.2 Å². The Balaban J connectivity index is 0.000000225. The molecular formula is C57H60Cl5N9O4. The normalized spacial score (nSPS) is 17.4. The van der Waals surface area contributed by atoms with Crippen molar-refractivity contribution in [1.82, 2.24) is 19.8 Å². The second-order valence-electron chi connectivity index (χ2n) is 18.9. The molecule has 2 fully saturated rings.